The van der Waals surface area contributed by atoms with Crippen molar-refractivity contribution in [3.63, 3.8) is 0 Å². The van der Waals surface area contributed by atoms with Crippen LogP contribution in [0.2, 0.25) is 0 Å². The molecule has 6 heteroatoms. The summed E-state index contributed by atoms with van der Waals surface area (Å²) in [5.74, 6) is 1.12. The average molecular weight is 371 g/mol. The third-order valence-corrected chi connectivity index (χ3v) is 4.78. The molecule has 1 aliphatic heterocycles. The van der Waals surface area contributed by atoms with Gasteiger partial charge in [0.1, 0.15) is 0 Å². The second kappa shape index (κ2) is 12.5. The van der Waals surface area contributed by atoms with Crippen LogP contribution in [0.5, 0.6) is 0 Å². The zero-order valence-electron chi connectivity index (χ0n) is 18.0. The molecule has 2 amide bonds. The second-order valence-electron chi connectivity index (χ2n) is 8.20. The van der Waals surface area contributed by atoms with Gasteiger partial charge in [-0.2, -0.15) is 0 Å². The molecule has 1 N–H and O–H groups in total. The Morgan fingerprint density at radius 1 is 1.15 bits per heavy atom. The predicted molar refractivity (Wildman–Crippen MR) is 109 cm³/mol. The van der Waals surface area contributed by atoms with Crippen LogP contribution in [-0.4, -0.2) is 92.3 Å². The van der Waals surface area contributed by atoms with Crippen molar-refractivity contribution in [2.75, 3.05) is 65.5 Å². The van der Waals surface area contributed by atoms with Crippen molar-refractivity contribution < 1.29 is 9.53 Å². The Labute approximate surface area is 161 Å². The highest BCUT2D eigenvalue weighted by atomic mass is 16.5. The van der Waals surface area contributed by atoms with Crippen LogP contribution in [-0.2, 0) is 4.74 Å². The lowest BCUT2D eigenvalue weighted by atomic mass is 10.2. The zero-order valence-corrected chi connectivity index (χ0v) is 18.0. The minimum absolute atomic E-state index is 0.0374. The van der Waals surface area contributed by atoms with Crippen LogP contribution in [0.1, 0.15) is 41.5 Å². The number of nitrogens with zero attached hydrogens (tertiary/aromatic N) is 3. The third kappa shape index (κ3) is 9.19. The van der Waals surface area contributed by atoms with Gasteiger partial charge in [0.25, 0.3) is 0 Å². The van der Waals surface area contributed by atoms with E-state index >= 15 is 0 Å². The summed E-state index contributed by atoms with van der Waals surface area (Å²) in [7, 11) is 0. The lowest BCUT2D eigenvalue weighted by molar-refractivity contribution is -0.0294. The van der Waals surface area contributed by atoms with Crippen molar-refractivity contribution in [2.24, 2.45) is 11.8 Å². The van der Waals surface area contributed by atoms with Gasteiger partial charge in [-0.1, -0.05) is 41.5 Å². The molecule has 0 aliphatic carbocycles. The van der Waals surface area contributed by atoms with Crippen LogP contribution in [0.3, 0.4) is 0 Å². The molecule has 1 atom stereocenters. The van der Waals surface area contributed by atoms with E-state index in [2.05, 4.69) is 56.7 Å². The number of likely N-dealkylation sites (N-methyl/N-ethyl adjacent to an activating group) is 1. The fraction of sp³-hybridized carbons (Fsp3) is 0.950. The molecule has 6 nitrogen and oxygen atoms in total. The first-order valence-electron chi connectivity index (χ1n) is 10.4. The smallest absolute Gasteiger partial charge is 0.317 e. The summed E-state index contributed by atoms with van der Waals surface area (Å²) in [6.07, 6.45) is 0.0927. The predicted octanol–water partition coefficient (Wildman–Crippen LogP) is 2.35. The van der Waals surface area contributed by atoms with E-state index in [1.807, 2.05) is 4.90 Å². The number of nitrogens with one attached hydrogen (secondary N) is 1. The van der Waals surface area contributed by atoms with E-state index < -0.39 is 0 Å². The number of carbonyl (C=O) groups excluding carboxylic acids is 1. The first-order valence-corrected chi connectivity index (χ1v) is 10.4. The van der Waals surface area contributed by atoms with Crippen molar-refractivity contribution in [2.45, 2.75) is 47.6 Å². The molecule has 26 heavy (non-hydrogen) atoms. The topological polar surface area (TPSA) is 48.0 Å². The highest BCUT2D eigenvalue weighted by Gasteiger charge is 2.23. The highest BCUT2D eigenvalue weighted by molar-refractivity contribution is 5.74. The second-order valence-corrected chi connectivity index (χ2v) is 8.20. The molecule has 154 valence electrons. The molecule has 0 saturated carbocycles. The van der Waals surface area contributed by atoms with Crippen molar-refractivity contribution in [3.05, 3.63) is 0 Å². The molecule has 1 fully saturated rings. The molecule has 1 rings (SSSR count). The van der Waals surface area contributed by atoms with Crippen molar-refractivity contribution >= 4 is 6.03 Å². The van der Waals surface area contributed by atoms with E-state index in [-0.39, 0.29) is 12.1 Å². The maximum atomic E-state index is 12.7. The van der Waals surface area contributed by atoms with Crippen LogP contribution in [0, 0.1) is 11.8 Å². The highest BCUT2D eigenvalue weighted by Crippen LogP contribution is 2.08. The quantitative estimate of drug-likeness (QED) is 0.606. The summed E-state index contributed by atoms with van der Waals surface area (Å²) in [4.78, 5) is 19.5. The SMILES string of the molecule is CCN(CC)CCN(CC(C)C)C(=O)NCC1CN(CC(C)C)CCO1. The zero-order chi connectivity index (χ0) is 19.5. The van der Waals surface area contributed by atoms with Gasteiger partial charge in [-0.15, -0.1) is 0 Å². The summed E-state index contributed by atoms with van der Waals surface area (Å²) in [5, 5.41) is 3.11. The monoisotopic (exact) mass is 370 g/mol. The molecule has 0 aromatic rings. The molecule has 1 heterocycles. The van der Waals surface area contributed by atoms with Crippen molar-refractivity contribution in [3.8, 4) is 0 Å². The van der Waals surface area contributed by atoms with Gasteiger partial charge in [0, 0.05) is 45.8 Å². The number of morpholine rings is 1. The van der Waals surface area contributed by atoms with Crippen molar-refractivity contribution in [1.82, 2.24) is 20.0 Å². The molecule has 1 aliphatic rings. The van der Waals surface area contributed by atoms with E-state index in [9.17, 15) is 4.79 Å². The van der Waals surface area contributed by atoms with Gasteiger partial charge in [-0.3, -0.25) is 4.90 Å². The van der Waals surface area contributed by atoms with Crippen LogP contribution < -0.4 is 5.32 Å². The number of carbonyl (C=O) groups is 1. The standard InChI is InChI=1S/C20H42N4O2/c1-7-22(8-2)9-10-24(15-18(5)6)20(25)21-13-19-16-23(11-12-26-19)14-17(3)4/h17-19H,7-16H2,1-6H3,(H,21,25). The number of urea groups is 1. The minimum Gasteiger partial charge on any atom is -0.374 e. The maximum absolute atomic E-state index is 12.7. The number of hydrogen-bond acceptors (Lipinski definition) is 4. The largest absolute Gasteiger partial charge is 0.374 e. The summed E-state index contributed by atoms with van der Waals surface area (Å²) in [5.41, 5.74) is 0. The van der Waals surface area contributed by atoms with E-state index in [0.717, 1.165) is 59.0 Å². The van der Waals surface area contributed by atoms with E-state index in [1.54, 1.807) is 0 Å². The van der Waals surface area contributed by atoms with E-state index in [4.69, 9.17) is 4.74 Å². The molecule has 0 bridgehead atoms. The number of ether oxygens (including phenoxy) is 1. The Kier molecular flexibility index (Phi) is 11.2. The van der Waals surface area contributed by atoms with Gasteiger partial charge in [0.15, 0.2) is 0 Å². The van der Waals surface area contributed by atoms with Gasteiger partial charge in [-0.05, 0) is 24.9 Å². The number of rotatable bonds is 11. The summed E-state index contributed by atoms with van der Waals surface area (Å²) < 4.78 is 5.85. The fourth-order valence-corrected chi connectivity index (χ4v) is 3.42. The lowest BCUT2D eigenvalue weighted by Crippen LogP contribution is -2.51. The van der Waals surface area contributed by atoms with Gasteiger partial charge in [0.05, 0.1) is 12.7 Å². The lowest BCUT2D eigenvalue weighted by Gasteiger charge is -2.34. The van der Waals surface area contributed by atoms with Crippen molar-refractivity contribution in [1.29, 1.82) is 0 Å². The Morgan fingerprint density at radius 2 is 1.85 bits per heavy atom. The first-order chi connectivity index (χ1) is 12.3. The molecule has 1 saturated heterocycles. The van der Waals surface area contributed by atoms with E-state index in [1.165, 1.54) is 0 Å². The average Bonchev–Trinajstić information content (AvgIpc) is 2.59. The molecule has 0 aromatic heterocycles. The summed E-state index contributed by atoms with van der Waals surface area (Å²) >= 11 is 0. The molecule has 0 radical (unpaired) electrons. The normalized spacial score (nSPS) is 18.7. The Bertz CT molecular complexity index is 386. The van der Waals surface area contributed by atoms with Crippen LogP contribution >= 0.6 is 0 Å². The molecule has 0 aromatic carbocycles. The van der Waals surface area contributed by atoms with Gasteiger partial charge < -0.3 is 19.9 Å². The minimum atomic E-state index is 0.0374. The fourth-order valence-electron chi connectivity index (χ4n) is 3.42. The number of hydrogen-bond donors (Lipinski definition) is 1. The Balaban J connectivity index is 2.46. The maximum Gasteiger partial charge on any atom is 0.317 e. The molecular formula is C20H42N4O2. The van der Waals surface area contributed by atoms with Gasteiger partial charge in [0.2, 0.25) is 0 Å². The van der Waals surface area contributed by atoms with Crippen LogP contribution in [0.4, 0.5) is 4.79 Å². The Hall–Kier alpha value is -0.850. The van der Waals surface area contributed by atoms with Crippen LogP contribution in [0.25, 0.3) is 0 Å². The molecular weight excluding hydrogens is 328 g/mol. The van der Waals surface area contributed by atoms with Crippen LogP contribution in [0.15, 0.2) is 0 Å². The van der Waals surface area contributed by atoms with Gasteiger partial charge >= 0.3 is 6.03 Å². The molecule has 1 unspecified atom stereocenters. The van der Waals surface area contributed by atoms with E-state index in [0.29, 0.717) is 18.4 Å². The summed E-state index contributed by atoms with van der Waals surface area (Å²) in [6, 6.07) is 0.0374. The summed E-state index contributed by atoms with van der Waals surface area (Å²) in [6.45, 7) is 22.0. The van der Waals surface area contributed by atoms with Gasteiger partial charge in [-0.25, -0.2) is 4.79 Å². The Morgan fingerprint density at radius 3 is 2.42 bits per heavy atom. The molecule has 0 spiro atoms. The third-order valence-electron chi connectivity index (χ3n) is 4.78. The number of amides is 2. The first kappa shape index (κ1) is 23.2.